The van der Waals surface area contributed by atoms with Crippen molar-refractivity contribution in [2.24, 2.45) is 0 Å². The van der Waals surface area contributed by atoms with Crippen LogP contribution in [0.2, 0.25) is 0 Å². The molecule has 3 aromatic rings. The number of carbonyl (C=O) groups excluding carboxylic acids is 1. The molecule has 0 fully saturated rings. The van der Waals surface area contributed by atoms with Gasteiger partial charge in [0, 0.05) is 17.8 Å². The van der Waals surface area contributed by atoms with Gasteiger partial charge in [-0.3, -0.25) is 4.79 Å². The summed E-state index contributed by atoms with van der Waals surface area (Å²) in [7, 11) is 1.64. The summed E-state index contributed by atoms with van der Waals surface area (Å²) in [6.07, 6.45) is 1.54. The molecule has 7 heteroatoms. The van der Waals surface area contributed by atoms with E-state index in [-0.39, 0.29) is 5.78 Å². The van der Waals surface area contributed by atoms with E-state index >= 15 is 0 Å². The molecule has 0 atom stereocenters. The van der Waals surface area contributed by atoms with Gasteiger partial charge in [0.15, 0.2) is 11.6 Å². The molecule has 0 aliphatic carbocycles. The van der Waals surface area contributed by atoms with Crippen molar-refractivity contribution in [2.75, 3.05) is 17.7 Å². The number of aromatic nitrogens is 3. The molecule has 132 valence electrons. The fourth-order valence-electron chi connectivity index (χ4n) is 2.30. The number of nitrogens with zero attached hydrogens (tertiary/aromatic N) is 3. The van der Waals surface area contributed by atoms with E-state index < -0.39 is 0 Å². The highest BCUT2D eigenvalue weighted by Gasteiger charge is 2.03. The SMILES string of the molecule is COc1ccc(CNc2nncc(Nc3ccc(C(C)=O)cc3)n2)cc1. The molecule has 0 saturated heterocycles. The number of Topliss-reactive ketones (excluding diaryl/α,β-unsaturated/α-hetero) is 1. The van der Waals surface area contributed by atoms with Gasteiger partial charge in [0.2, 0.25) is 5.95 Å². The number of methoxy groups -OCH3 is 1. The summed E-state index contributed by atoms with van der Waals surface area (Å²) in [5.41, 5.74) is 2.56. The average Bonchev–Trinajstić information content (AvgIpc) is 2.67. The van der Waals surface area contributed by atoms with Crippen LogP contribution in [0.3, 0.4) is 0 Å². The van der Waals surface area contributed by atoms with Gasteiger partial charge in [-0.1, -0.05) is 12.1 Å². The van der Waals surface area contributed by atoms with E-state index in [0.29, 0.717) is 23.9 Å². The van der Waals surface area contributed by atoms with E-state index in [0.717, 1.165) is 17.0 Å². The zero-order valence-corrected chi connectivity index (χ0v) is 14.6. The molecule has 0 saturated carbocycles. The Kier molecular flexibility index (Phi) is 5.38. The second kappa shape index (κ2) is 8.06. The van der Waals surface area contributed by atoms with E-state index in [4.69, 9.17) is 4.74 Å². The molecule has 0 amide bonds. The van der Waals surface area contributed by atoms with E-state index in [2.05, 4.69) is 25.8 Å². The van der Waals surface area contributed by atoms with Crippen LogP contribution in [0.25, 0.3) is 0 Å². The Bertz CT molecular complexity index is 879. The predicted molar refractivity (Wildman–Crippen MR) is 99.9 cm³/mol. The lowest BCUT2D eigenvalue weighted by atomic mass is 10.1. The summed E-state index contributed by atoms with van der Waals surface area (Å²) in [6.45, 7) is 2.11. The van der Waals surface area contributed by atoms with E-state index in [1.54, 1.807) is 19.2 Å². The third-order valence-electron chi connectivity index (χ3n) is 3.73. The zero-order chi connectivity index (χ0) is 18.4. The smallest absolute Gasteiger partial charge is 0.244 e. The van der Waals surface area contributed by atoms with Crippen LogP contribution < -0.4 is 15.4 Å². The lowest BCUT2D eigenvalue weighted by molar-refractivity contribution is 0.101. The van der Waals surface area contributed by atoms with Crippen molar-refractivity contribution >= 4 is 23.2 Å². The summed E-state index contributed by atoms with van der Waals surface area (Å²) in [4.78, 5) is 15.7. The number of hydrogen-bond donors (Lipinski definition) is 2. The molecule has 0 aliphatic rings. The first-order chi connectivity index (χ1) is 12.6. The lowest BCUT2D eigenvalue weighted by Gasteiger charge is -2.08. The molecule has 7 nitrogen and oxygen atoms in total. The maximum Gasteiger partial charge on any atom is 0.244 e. The standard InChI is InChI=1S/C19H19N5O2/c1-13(25)15-5-7-16(8-6-15)22-18-12-21-24-19(23-18)20-11-14-3-9-17(26-2)10-4-14/h3-10,12H,11H2,1-2H3,(H2,20,22,23,24). The minimum absolute atomic E-state index is 0.0327. The molecule has 2 aromatic carbocycles. The second-order valence-electron chi connectivity index (χ2n) is 5.63. The Morgan fingerprint density at radius 1 is 1.08 bits per heavy atom. The van der Waals surface area contributed by atoms with Gasteiger partial charge in [0.05, 0.1) is 13.3 Å². The van der Waals surface area contributed by atoms with Crippen LogP contribution in [-0.4, -0.2) is 28.1 Å². The van der Waals surface area contributed by atoms with Crippen molar-refractivity contribution < 1.29 is 9.53 Å². The first kappa shape index (κ1) is 17.3. The largest absolute Gasteiger partial charge is 0.497 e. The van der Waals surface area contributed by atoms with Gasteiger partial charge < -0.3 is 15.4 Å². The highest BCUT2D eigenvalue weighted by atomic mass is 16.5. The Labute approximate surface area is 151 Å². The van der Waals surface area contributed by atoms with Gasteiger partial charge in [0.1, 0.15) is 5.75 Å². The van der Waals surface area contributed by atoms with E-state index in [9.17, 15) is 4.79 Å². The summed E-state index contributed by atoms with van der Waals surface area (Å²) in [5.74, 6) is 1.83. The first-order valence-electron chi connectivity index (χ1n) is 8.08. The molecule has 0 bridgehead atoms. The molecule has 26 heavy (non-hydrogen) atoms. The van der Waals surface area contributed by atoms with Crippen molar-refractivity contribution in [3.05, 3.63) is 65.9 Å². The fraction of sp³-hybridized carbons (Fsp3) is 0.158. The molecule has 0 aliphatic heterocycles. The van der Waals surface area contributed by atoms with Crippen LogP contribution in [0.4, 0.5) is 17.5 Å². The molecule has 2 N–H and O–H groups in total. The Hall–Kier alpha value is -3.48. The maximum atomic E-state index is 11.3. The molecular weight excluding hydrogens is 330 g/mol. The van der Waals surface area contributed by atoms with Crippen molar-refractivity contribution in [1.82, 2.24) is 15.2 Å². The van der Waals surface area contributed by atoms with Gasteiger partial charge >= 0.3 is 0 Å². The number of benzene rings is 2. The highest BCUT2D eigenvalue weighted by Crippen LogP contribution is 2.16. The van der Waals surface area contributed by atoms with Crippen LogP contribution in [0.1, 0.15) is 22.8 Å². The number of ether oxygens (including phenoxy) is 1. The minimum Gasteiger partial charge on any atom is -0.497 e. The number of hydrogen-bond acceptors (Lipinski definition) is 7. The van der Waals surface area contributed by atoms with Crippen molar-refractivity contribution in [3.8, 4) is 5.75 Å². The Morgan fingerprint density at radius 3 is 2.46 bits per heavy atom. The number of anilines is 3. The molecule has 1 aromatic heterocycles. The van der Waals surface area contributed by atoms with Crippen LogP contribution in [0.5, 0.6) is 5.75 Å². The monoisotopic (exact) mass is 349 g/mol. The minimum atomic E-state index is 0.0327. The van der Waals surface area contributed by atoms with Crippen LogP contribution in [-0.2, 0) is 6.54 Å². The third-order valence-corrected chi connectivity index (χ3v) is 3.73. The van der Waals surface area contributed by atoms with Gasteiger partial charge in [-0.2, -0.15) is 10.1 Å². The number of ketones is 1. The molecular formula is C19H19N5O2. The predicted octanol–water partition coefficient (Wildman–Crippen LogP) is 3.44. The molecule has 0 spiro atoms. The van der Waals surface area contributed by atoms with Crippen LogP contribution in [0.15, 0.2) is 54.7 Å². The quantitative estimate of drug-likeness (QED) is 0.632. The van der Waals surface area contributed by atoms with E-state index in [1.165, 1.54) is 13.1 Å². The summed E-state index contributed by atoms with van der Waals surface area (Å²) < 4.78 is 5.14. The van der Waals surface area contributed by atoms with Gasteiger partial charge in [-0.15, -0.1) is 5.10 Å². The average molecular weight is 349 g/mol. The summed E-state index contributed by atoms with van der Waals surface area (Å²) in [5, 5.41) is 14.2. The van der Waals surface area contributed by atoms with Crippen LogP contribution in [0, 0.1) is 0 Å². The fourth-order valence-corrected chi connectivity index (χ4v) is 2.30. The second-order valence-corrected chi connectivity index (χ2v) is 5.63. The normalized spacial score (nSPS) is 10.2. The van der Waals surface area contributed by atoms with Crippen molar-refractivity contribution in [1.29, 1.82) is 0 Å². The number of carbonyl (C=O) groups is 1. The lowest BCUT2D eigenvalue weighted by Crippen LogP contribution is -2.06. The van der Waals surface area contributed by atoms with Gasteiger partial charge in [-0.05, 0) is 48.9 Å². The molecule has 0 radical (unpaired) electrons. The van der Waals surface area contributed by atoms with Gasteiger partial charge in [-0.25, -0.2) is 0 Å². The Balaban J connectivity index is 1.62. The van der Waals surface area contributed by atoms with Crippen molar-refractivity contribution in [3.63, 3.8) is 0 Å². The third kappa shape index (κ3) is 4.54. The highest BCUT2D eigenvalue weighted by molar-refractivity contribution is 5.94. The molecule has 3 rings (SSSR count). The molecule has 0 unspecified atom stereocenters. The Morgan fingerprint density at radius 2 is 1.81 bits per heavy atom. The summed E-state index contributed by atoms with van der Waals surface area (Å²) in [6, 6.07) is 14.9. The van der Waals surface area contributed by atoms with Gasteiger partial charge in [0.25, 0.3) is 0 Å². The summed E-state index contributed by atoms with van der Waals surface area (Å²) >= 11 is 0. The molecule has 1 heterocycles. The number of nitrogens with one attached hydrogen (secondary N) is 2. The van der Waals surface area contributed by atoms with E-state index in [1.807, 2.05) is 36.4 Å². The topological polar surface area (TPSA) is 89.0 Å². The first-order valence-corrected chi connectivity index (χ1v) is 8.08. The zero-order valence-electron chi connectivity index (χ0n) is 14.6. The van der Waals surface area contributed by atoms with Crippen LogP contribution >= 0.6 is 0 Å². The number of rotatable bonds is 7. The maximum absolute atomic E-state index is 11.3. The van der Waals surface area contributed by atoms with Crippen molar-refractivity contribution in [2.45, 2.75) is 13.5 Å².